The molecule has 3 rings (SSSR count). The Morgan fingerprint density at radius 1 is 1.53 bits per heavy atom. The van der Waals surface area contributed by atoms with Gasteiger partial charge >= 0.3 is 0 Å². The summed E-state index contributed by atoms with van der Waals surface area (Å²) in [6.07, 6.45) is 6.15. The summed E-state index contributed by atoms with van der Waals surface area (Å²) >= 11 is 0. The maximum absolute atomic E-state index is 10.7. The molecule has 1 aromatic rings. The average Bonchev–Trinajstić information content (AvgIpc) is 2.62. The molecule has 80 valence electrons. The van der Waals surface area contributed by atoms with Gasteiger partial charge in [0.25, 0.3) is 0 Å². The van der Waals surface area contributed by atoms with Crippen molar-refractivity contribution in [2.45, 2.75) is 44.1 Å². The first-order valence-electron chi connectivity index (χ1n) is 5.88. The summed E-state index contributed by atoms with van der Waals surface area (Å²) in [5.74, 6) is 0.666. The van der Waals surface area contributed by atoms with Crippen molar-refractivity contribution in [1.29, 1.82) is 0 Å². The summed E-state index contributed by atoms with van der Waals surface area (Å²) in [5, 5.41) is 10.7. The maximum Gasteiger partial charge on any atom is 0.0759 e. The largest absolute Gasteiger partial charge is 0.389 e. The Labute approximate surface area is 90.4 Å². The zero-order valence-corrected chi connectivity index (χ0v) is 9.11. The average molecular weight is 203 g/mol. The van der Waals surface area contributed by atoms with Crippen LogP contribution in [0.3, 0.4) is 0 Å². The maximum atomic E-state index is 10.7. The van der Waals surface area contributed by atoms with Crippen LogP contribution in [0.2, 0.25) is 0 Å². The van der Waals surface area contributed by atoms with E-state index in [1.807, 2.05) is 12.3 Å². The summed E-state index contributed by atoms with van der Waals surface area (Å²) < 4.78 is 0. The first kappa shape index (κ1) is 9.34. The minimum atomic E-state index is -0.471. The normalized spacial score (nSPS) is 38.5. The number of fused-ring (bicyclic) bond motifs is 2. The van der Waals surface area contributed by atoms with Crippen LogP contribution in [0.5, 0.6) is 0 Å². The molecule has 0 aliphatic heterocycles. The molecule has 0 unspecified atom stereocenters. The Morgan fingerprint density at radius 2 is 2.40 bits per heavy atom. The fourth-order valence-corrected chi connectivity index (χ4v) is 3.45. The second-order valence-corrected chi connectivity index (χ2v) is 5.05. The van der Waals surface area contributed by atoms with Crippen molar-refractivity contribution in [2.75, 3.05) is 0 Å². The molecule has 2 aliphatic carbocycles. The number of hydrogen-bond donors (Lipinski definition) is 1. The zero-order valence-electron chi connectivity index (χ0n) is 9.11. The predicted octanol–water partition coefficient (Wildman–Crippen LogP) is 2.27. The first-order chi connectivity index (χ1) is 7.22. The third-order valence-corrected chi connectivity index (χ3v) is 4.39. The molecular weight excluding hydrogens is 186 g/mol. The van der Waals surface area contributed by atoms with Crippen LogP contribution in [0.1, 0.15) is 43.4 Å². The summed E-state index contributed by atoms with van der Waals surface area (Å²) in [6, 6.07) is 4.17. The van der Waals surface area contributed by atoms with Crippen LogP contribution >= 0.6 is 0 Å². The van der Waals surface area contributed by atoms with Gasteiger partial charge in [-0.05, 0) is 36.8 Å². The molecule has 15 heavy (non-hydrogen) atoms. The number of aliphatic hydroxyl groups is 1. The Balaban J connectivity index is 2.10. The highest BCUT2D eigenvalue weighted by atomic mass is 16.3. The first-order valence-corrected chi connectivity index (χ1v) is 5.88. The fraction of sp³-hybridized carbons (Fsp3) is 0.615. The van der Waals surface area contributed by atoms with Crippen LogP contribution < -0.4 is 0 Å². The second-order valence-electron chi connectivity index (χ2n) is 5.05. The van der Waals surface area contributed by atoms with Gasteiger partial charge in [-0.25, -0.2) is 0 Å². The van der Waals surface area contributed by atoms with E-state index < -0.39 is 5.60 Å². The van der Waals surface area contributed by atoms with E-state index in [2.05, 4.69) is 18.0 Å². The summed E-state index contributed by atoms with van der Waals surface area (Å²) in [6.45, 7) is 2.13. The fourth-order valence-electron chi connectivity index (χ4n) is 3.45. The topological polar surface area (TPSA) is 33.1 Å². The van der Waals surface area contributed by atoms with Gasteiger partial charge in [0.05, 0.1) is 5.60 Å². The van der Waals surface area contributed by atoms with E-state index >= 15 is 0 Å². The Bertz CT molecular complexity index is 390. The molecule has 1 aromatic heterocycles. The Kier molecular flexibility index (Phi) is 1.90. The highest BCUT2D eigenvalue weighted by Crippen LogP contribution is 2.50. The van der Waals surface area contributed by atoms with Crippen LogP contribution in [0.25, 0.3) is 0 Å². The Hall–Kier alpha value is -0.890. The molecule has 0 bridgehead atoms. The van der Waals surface area contributed by atoms with Crippen molar-refractivity contribution in [2.24, 2.45) is 5.92 Å². The Morgan fingerprint density at radius 3 is 3.27 bits per heavy atom. The SMILES string of the molecule is C[C@@H]1c2ncccc2C[C@@H]2CCC[C@]21O. The lowest BCUT2D eigenvalue weighted by atomic mass is 9.70. The molecule has 0 saturated heterocycles. The molecule has 1 heterocycles. The predicted molar refractivity (Wildman–Crippen MR) is 58.6 cm³/mol. The van der Waals surface area contributed by atoms with Gasteiger partial charge in [0, 0.05) is 17.8 Å². The zero-order chi connectivity index (χ0) is 10.5. The van der Waals surface area contributed by atoms with Crippen LogP contribution in [0.15, 0.2) is 18.3 Å². The van der Waals surface area contributed by atoms with Gasteiger partial charge in [0.1, 0.15) is 0 Å². The van der Waals surface area contributed by atoms with Crippen molar-refractivity contribution < 1.29 is 5.11 Å². The lowest BCUT2D eigenvalue weighted by molar-refractivity contribution is -0.0272. The van der Waals surface area contributed by atoms with Crippen molar-refractivity contribution in [3.05, 3.63) is 29.6 Å². The molecule has 1 saturated carbocycles. The van der Waals surface area contributed by atoms with Crippen molar-refractivity contribution >= 4 is 0 Å². The van der Waals surface area contributed by atoms with Crippen LogP contribution in [-0.2, 0) is 6.42 Å². The lowest BCUT2D eigenvalue weighted by Gasteiger charge is -2.40. The van der Waals surface area contributed by atoms with E-state index in [0.29, 0.717) is 5.92 Å². The monoisotopic (exact) mass is 203 g/mol. The molecule has 2 nitrogen and oxygen atoms in total. The van der Waals surface area contributed by atoms with E-state index in [1.54, 1.807) is 0 Å². The third-order valence-electron chi connectivity index (χ3n) is 4.39. The van der Waals surface area contributed by atoms with Crippen molar-refractivity contribution in [3.63, 3.8) is 0 Å². The molecule has 0 spiro atoms. The quantitative estimate of drug-likeness (QED) is 0.701. The highest BCUT2D eigenvalue weighted by Gasteiger charge is 2.49. The molecular formula is C13H17NO. The summed E-state index contributed by atoms with van der Waals surface area (Å²) in [5.41, 5.74) is 2.00. The smallest absolute Gasteiger partial charge is 0.0759 e. The molecule has 0 aromatic carbocycles. The number of pyridine rings is 1. The molecule has 1 N–H and O–H groups in total. The molecule has 2 aliphatic rings. The van der Waals surface area contributed by atoms with Crippen molar-refractivity contribution in [3.8, 4) is 0 Å². The van der Waals surface area contributed by atoms with Gasteiger partial charge in [-0.15, -0.1) is 0 Å². The minimum absolute atomic E-state index is 0.204. The molecule has 3 atom stereocenters. The summed E-state index contributed by atoms with van der Waals surface area (Å²) in [4.78, 5) is 4.45. The summed E-state index contributed by atoms with van der Waals surface area (Å²) in [7, 11) is 0. The van der Waals surface area contributed by atoms with Crippen LogP contribution in [0, 0.1) is 5.92 Å². The van der Waals surface area contributed by atoms with E-state index in [1.165, 1.54) is 18.4 Å². The molecule has 0 radical (unpaired) electrons. The van der Waals surface area contributed by atoms with Gasteiger partial charge < -0.3 is 5.11 Å². The van der Waals surface area contributed by atoms with E-state index in [4.69, 9.17) is 0 Å². The molecule has 0 amide bonds. The molecule has 1 fully saturated rings. The minimum Gasteiger partial charge on any atom is -0.389 e. The molecule has 2 heteroatoms. The van der Waals surface area contributed by atoms with Gasteiger partial charge in [0.2, 0.25) is 0 Å². The van der Waals surface area contributed by atoms with Gasteiger partial charge in [-0.2, -0.15) is 0 Å². The van der Waals surface area contributed by atoms with E-state index in [-0.39, 0.29) is 5.92 Å². The number of aromatic nitrogens is 1. The van der Waals surface area contributed by atoms with Crippen LogP contribution in [0.4, 0.5) is 0 Å². The second kappa shape index (κ2) is 3.05. The van der Waals surface area contributed by atoms with Gasteiger partial charge in [-0.3, -0.25) is 4.98 Å². The lowest BCUT2D eigenvalue weighted by Crippen LogP contribution is -2.43. The van der Waals surface area contributed by atoms with Gasteiger partial charge in [-0.1, -0.05) is 19.4 Å². The number of rotatable bonds is 0. The van der Waals surface area contributed by atoms with E-state index in [0.717, 1.165) is 18.5 Å². The van der Waals surface area contributed by atoms with Crippen molar-refractivity contribution in [1.82, 2.24) is 4.98 Å². The van der Waals surface area contributed by atoms with Gasteiger partial charge in [0.15, 0.2) is 0 Å². The standard InChI is InChI=1S/C13H17NO/c1-9-12-10(4-3-7-14-12)8-11-5-2-6-13(9,11)15/h3-4,7,9,11,15H,2,5-6,8H2,1H3/t9-,11+,13-/m1/s1. The number of nitrogens with zero attached hydrogens (tertiary/aromatic N) is 1. The highest BCUT2D eigenvalue weighted by molar-refractivity contribution is 5.31. The number of hydrogen-bond acceptors (Lipinski definition) is 2. The third kappa shape index (κ3) is 1.18. The van der Waals surface area contributed by atoms with Crippen LogP contribution in [-0.4, -0.2) is 15.7 Å². The van der Waals surface area contributed by atoms with E-state index in [9.17, 15) is 5.11 Å².